The van der Waals surface area contributed by atoms with E-state index in [9.17, 15) is 9.90 Å². The Morgan fingerprint density at radius 1 is 1.15 bits per heavy atom. The summed E-state index contributed by atoms with van der Waals surface area (Å²) in [6.45, 7) is 6.45. The van der Waals surface area contributed by atoms with Crippen LogP contribution in [-0.4, -0.2) is 46.0 Å². The van der Waals surface area contributed by atoms with E-state index in [4.69, 9.17) is 21.1 Å². The molecule has 6 heteroatoms. The van der Waals surface area contributed by atoms with Gasteiger partial charge in [-0.05, 0) is 64.2 Å². The molecule has 2 aliphatic rings. The Labute approximate surface area is 160 Å². The Morgan fingerprint density at radius 3 is 2.27 bits per heavy atom. The second-order valence-electron chi connectivity index (χ2n) is 8.54. The predicted molar refractivity (Wildman–Crippen MR) is 100 cm³/mol. The van der Waals surface area contributed by atoms with Crippen LogP contribution in [0.4, 0.5) is 4.79 Å². The van der Waals surface area contributed by atoms with Gasteiger partial charge in [0.1, 0.15) is 5.60 Å². The summed E-state index contributed by atoms with van der Waals surface area (Å²) in [5.74, 6) is 0. The normalized spacial score (nSPS) is 27.8. The van der Waals surface area contributed by atoms with Crippen molar-refractivity contribution in [3.8, 4) is 0 Å². The quantitative estimate of drug-likeness (QED) is 0.832. The lowest BCUT2D eigenvalue weighted by molar-refractivity contribution is -0.0355. The largest absolute Gasteiger partial charge is 0.444 e. The fourth-order valence-corrected chi connectivity index (χ4v) is 4.33. The maximum Gasteiger partial charge on any atom is 0.411 e. The predicted octanol–water partition coefficient (Wildman–Crippen LogP) is 4.15. The Balaban J connectivity index is 1.71. The third-order valence-corrected chi connectivity index (χ3v) is 5.74. The van der Waals surface area contributed by atoms with Crippen molar-refractivity contribution in [1.29, 1.82) is 0 Å². The first-order chi connectivity index (χ1) is 12.2. The van der Waals surface area contributed by atoms with Gasteiger partial charge >= 0.3 is 6.09 Å². The zero-order valence-electron chi connectivity index (χ0n) is 15.8. The first-order valence-corrected chi connectivity index (χ1v) is 9.54. The van der Waals surface area contributed by atoms with E-state index in [1.807, 2.05) is 45.0 Å². The van der Waals surface area contributed by atoms with Crippen LogP contribution < -0.4 is 0 Å². The van der Waals surface area contributed by atoms with Crippen LogP contribution in [-0.2, 0) is 16.1 Å². The number of ether oxygens (including phenoxy) is 2. The maximum absolute atomic E-state index is 12.9. The van der Waals surface area contributed by atoms with Crippen molar-refractivity contribution in [3.63, 3.8) is 0 Å². The first kappa shape index (κ1) is 19.5. The minimum absolute atomic E-state index is 0.0365. The molecule has 2 aliphatic heterocycles. The van der Waals surface area contributed by atoms with E-state index >= 15 is 0 Å². The van der Waals surface area contributed by atoms with Crippen molar-refractivity contribution in [2.45, 2.75) is 69.7 Å². The summed E-state index contributed by atoms with van der Waals surface area (Å²) in [5, 5.41) is 10.7. The molecule has 1 aromatic rings. The Hall–Kier alpha value is -1.30. The van der Waals surface area contributed by atoms with E-state index in [0.717, 1.165) is 31.2 Å². The minimum atomic E-state index is -0.568. The number of carbonyl (C=O) groups is 1. The van der Waals surface area contributed by atoms with Gasteiger partial charge in [0, 0.05) is 5.02 Å². The summed E-state index contributed by atoms with van der Waals surface area (Å²) >= 11 is 5.91. The summed E-state index contributed by atoms with van der Waals surface area (Å²) in [6, 6.07) is 7.56. The van der Waals surface area contributed by atoms with Gasteiger partial charge in [-0.1, -0.05) is 23.7 Å². The highest BCUT2D eigenvalue weighted by Gasteiger charge is 2.63. The smallest absolute Gasteiger partial charge is 0.411 e. The van der Waals surface area contributed by atoms with Crippen molar-refractivity contribution >= 4 is 17.7 Å². The number of carbonyl (C=O) groups excluding carboxylic acids is 1. The third kappa shape index (κ3) is 3.71. The van der Waals surface area contributed by atoms with Gasteiger partial charge < -0.3 is 14.6 Å². The van der Waals surface area contributed by atoms with Gasteiger partial charge in [-0.3, -0.25) is 4.90 Å². The van der Waals surface area contributed by atoms with Gasteiger partial charge in [-0.25, -0.2) is 4.79 Å². The highest BCUT2D eigenvalue weighted by Crippen LogP contribution is 2.53. The molecule has 1 aromatic carbocycles. The second kappa shape index (κ2) is 7.02. The molecule has 0 radical (unpaired) electrons. The molecular formula is C20H28ClNO4. The fraction of sp³-hybridized carbons (Fsp3) is 0.650. The van der Waals surface area contributed by atoms with Crippen LogP contribution in [0.2, 0.25) is 5.02 Å². The molecule has 0 unspecified atom stereocenters. The summed E-state index contributed by atoms with van der Waals surface area (Å²) in [6.07, 6.45) is 2.87. The molecule has 2 fully saturated rings. The summed E-state index contributed by atoms with van der Waals surface area (Å²) in [5.41, 5.74) is -0.427. The van der Waals surface area contributed by atoms with E-state index in [1.165, 1.54) is 0 Å². The molecule has 0 atom stereocenters. The van der Waals surface area contributed by atoms with E-state index in [2.05, 4.69) is 0 Å². The molecule has 2 saturated heterocycles. The number of aliphatic hydroxyl groups excluding tert-OH is 1. The monoisotopic (exact) mass is 381 g/mol. The topological polar surface area (TPSA) is 59.0 Å². The van der Waals surface area contributed by atoms with Crippen molar-refractivity contribution < 1.29 is 19.4 Å². The lowest BCUT2D eigenvalue weighted by Crippen LogP contribution is -2.55. The summed E-state index contributed by atoms with van der Waals surface area (Å²) in [4.78, 5) is 14.7. The van der Waals surface area contributed by atoms with Gasteiger partial charge in [0.25, 0.3) is 0 Å². The molecule has 1 amide bonds. The van der Waals surface area contributed by atoms with Crippen molar-refractivity contribution in [1.82, 2.24) is 4.90 Å². The zero-order valence-corrected chi connectivity index (χ0v) is 16.5. The van der Waals surface area contributed by atoms with Crippen LogP contribution in [0.5, 0.6) is 0 Å². The van der Waals surface area contributed by atoms with Gasteiger partial charge in [-0.15, -0.1) is 0 Å². The second-order valence-corrected chi connectivity index (χ2v) is 8.98. The third-order valence-electron chi connectivity index (χ3n) is 5.48. The van der Waals surface area contributed by atoms with Gasteiger partial charge in [-0.2, -0.15) is 0 Å². The standard InChI is InChI=1S/C20H28ClNO4/c1-18(2,3)26-17(24)22-19(13-23)8-10-20(22,11-9-19)14-25-12-15-4-6-16(21)7-5-15/h4-7,23H,8-14H2,1-3H3. The maximum atomic E-state index is 12.9. The number of hydrogen-bond donors (Lipinski definition) is 1. The lowest BCUT2D eigenvalue weighted by atomic mass is 9.83. The highest BCUT2D eigenvalue weighted by atomic mass is 35.5. The van der Waals surface area contributed by atoms with E-state index in [1.54, 1.807) is 4.90 Å². The Kier molecular flexibility index (Phi) is 5.26. The van der Waals surface area contributed by atoms with Crippen LogP contribution in [0.15, 0.2) is 24.3 Å². The molecule has 2 heterocycles. The molecule has 0 aromatic heterocycles. The molecule has 0 aliphatic carbocycles. The Morgan fingerprint density at radius 2 is 1.73 bits per heavy atom. The zero-order chi connectivity index (χ0) is 19.0. The molecule has 3 rings (SSSR count). The SMILES string of the molecule is CC(C)(C)OC(=O)N1C2(CO)CCC1(COCc1ccc(Cl)cc1)CC2. The number of amides is 1. The lowest BCUT2D eigenvalue weighted by Gasteiger charge is -2.39. The molecule has 5 nitrogen and oxygen atoms in total. The average molecular weight is 382 g/mol. The summed E-state index contributed by atoms with van der Waals surface area (Å²) < 4.78 is 11.6. The van der Waals surface area contributed by atoms with Crippen LogP contribution in [0.25, 0.3) is 0 Å². The number of halogens is 1. The van der Waals surface area contributed by atoms with Crippen LogP contribution in [0.1, 0.15) is 52.0 Å². The minimum Gasteiger partial charge on any atom is -0.444 e. The number of benzene rings is 1. The van der Waals surface area contributed by atoms with Gasteiger partial charge in [0.2, 0.25) is 0 Å². The number of hydrogen-bond acceptors (Lipinski definition) is 4. The number of aliphatic hydroxyl groups is 1. The molecular weight excluding hydrogens is 354 g/mol. The Bertz CT molecular complexity index is 645. The van der Waals surface area contributed by atoms with Crippen molar-refractivity contribution in [2.24, 2.45) is 0 Å². The molecule has 0 saturated carbocycles. The van der Waals surface area contributed by atoms with E-state index in [0.29, 0.717) is 18.2 Å². The van der Waals surface area contributed by atoms with Crippen LogP contribution in [0, 0.1) is 0 Å². The number of nitrogens with zero attached hydrogens (tertiary/aromatic N) is 1. The van der Waals surface area contributed by atoms with Crippen LogP contribution >= 0.6 is 11.6 Å². The summed E-state index contributed by atoms with van der Waals surface area (Å²) in [7, 11) is 0. The molecule has 0 spiro atoms. The van der Waals surface area contributed by atoms with Gasteiger partial charge in [0.15, 0.2) is 0 Å². The average Bonchev–Trinajstić information content (AvgIpc) is 3.06. The molecule has 144 valence electrons. The number of rotatable bonds is 5. The number of fused-ring (bicyclic) bond motifs is 2. The highest BCUT2D eigenvalue weighted by molar-refractivity contribution is 6.30. The van der Waals surface area contributed by atoms with Crippen LogP contribution in [0.3, 0.4) is 0 Å². The first-order valence-electron chi connectivity index (χ1n) is 9.16. The van der Waals surface area contributed by atoms with Gasteiger partial charge in [0.05, 0.1) is 30.9 Å². The fourth-order valence-electron chi connectivity index (χ4n) is 4.20. The van der Waals surface area contributed by atoms with E-state index < -0.39 is 16.7 Å². The molecule has 1 N–H and O–H groups in total. The molecule has 2 bridgehead atoms. The van der Waals surface area contributed by atoms with Crippen molar-refractivity contribution in [3.05, 3.63) is 34.9 Å². The van der Waals surface area contributed by atoms with Crippen molar-refractivity contribution in [2.75, 3.05) is 13.2 Å². The molecule has 26 heavy (non-hydrogen) atoms. The van der Waals surface area contributed by atoms with E-state index in [-0.39, 0.29) is 12.7 Å².